The molecule has 5 rings (SSSR count). The molecule has 2 unspecified atom stereocenters. The SMILES string of the molecule is CCCN(C(=O)[C@H]1CC[C@H]1C(=O)N(CCC)C(Oc1ccccc1)c1ccccc1)C(Oc1ccccc1)c1ccccc1. The van der Waals surface area contributed by atoms with Gasteiger partial charge in [-0.3, -0.25) is 9.59 Å². The maximum atomic E-state index is 14.4. The highest BCUT2D eigenvalue weighted by molar-refractivity contribution is 5.89. The fourth-order valence-corrected chi connectivity index (χ4v) is 5.80. The number of carbonyl (C=O) groups is 2. The van der Waals surface area contributed by atoms with E-state index >= 15 is 0 Å². The topological polar surface area (TPSA) is 59.1 Å². The number of para-hydroxylation sites is 2. The number of hydrogen-bond acceptors (Lipinski definition) is 4. The quantitative estimate of drug-likeness (QED) is 0.140. The lowest BCUT2D eigenvalue weighted by Gasteiger charge is -2.43. The van der Waals surface area contributed by atoms with Gasteiger partial charge in [-0.15, -0.1) is 0 Å². The van der Waals surface area contributed by atoms with E-state index in [0.29, 0.717) is 37.4 Å². The molecular formula is C38H42N2O4. The van der Waals surface area contributed by atoms with Crippen molar-refractivity contribution in [3.63, 3.8) is 0 Å². The molecule has 4 aromatic rings. The van der Waals surface area contributed by atoms with E-state index in [0.717, 1.165) is 24.0 Å². The molecule has 0 N–H and O–H groups in total. The van der Waals surface area contributed by atoms with Crippen molar-refractivity contribution < 1.29 is 19.1 Å². The molecular weight excluding hydrogens is 548 g/mol. The van der Waals surface area contributed by atoms with Crippen molar-refractivity contribution in [3.05, 3.63) is 132 Å². The number of amides is 2. The zero-order valence-electron chi connectivity index (χ0n) is 25.6. The van der Waals surface area contributed by atoms with E-state index in [4.69, 9.17) is 9.47 Å². The number of rotatable bonds is 14. The van der Waals surface area contributed by atoms with Crippen molar-refractivity contribution in [2.24, 2.45) is 11.8 Å². The summed E-state index contributed by atoms with van der Waals surface area (Å²) in [6.07, 6.45) is 1.65. The Balaban J connectivity index is 1.42. The average Bonchev–Trinajstić information content (AvgIpc) is 3.05. The van der Waals surface area contributed by atoms with E-state index in [9.17, 15) is 9.59 Å². The van der Waals surface area contributed by atoms with Crippen LogP contribution in [0.4, 0.5) is 0 Å². The summed E-state index contributed by atoms with van der Waals surface area (Å²) in [6, 6.07) is 38.9. The Morgan fingerprint density at radius 3 is 1.18 bits per heavy atom. The Labute approximate surface area is 261 Å². The lowest BCUT2D eigenvalue weighted by molar-refractivity contribution is -0.162. The predicted octanol–water partition coefficient (Wildman–Crippen LogP) is 8.05. The van der Waals surface area contributed by atoms with Gasteiger partial charge in [-0.2, -0.15) is 0 Å². The second kappa shape index (κ2) is 15.2. The van der Waals surface area contributed by atoms with Crippen molar-refractivity contribution >= 4 is 11.8 Å². The van der Waals surface area contributed by atoms with Crippen molar-refractivity contribution in [2.45, 2.75) is 52.0 Å². The summed E-state index contributed by atoms with van der Waals surface area (Å²) < 4.78 is 13.0. The van der Waals surface area contributed by atoms with Crippen molar-refractivity contribution in [1.82, 2.24) is 9.80 Å². The first-order valence-corrected chi connectivity index (χ1v) is 15.7. The second-order valence-electron chi connectivity index (χ2n) is 11.2. The maximum absolute atomic E-state index is 14.4. The van der Waals surface area contributed by atoms with Crippen LogP contribution in [0.15, 0.2) is 121 Å². The highest BCUT2D eigenvalue weighted by Crippen LogP contribution is 2.41. The van der Waals surface area contributed by atoms with Gasteiger partial charge in [0.15, 0.2) is 0 Å². The first-order valence-electron chi connectivity index (χ1n) is 15.7. The molecule has 6 nitrogen and oxygen atoms in total. The number of hydrogen-bond donors (Lipinski definition) is 0. The highest BCUT2D eigenvalue weighted by Gasteiger charge is 2.47. The van der Waals surface area contributed by atoms with E-state index in [1.54, 1.807) is 0 Å². The molecule has 0 radical (unpaired) electrons. The van der Waals surface area contributed by atoms with Crippen LogP contribution in [0.3, 0.4) is 0 Å². The van der Waals surface area contributed by atoms with Gasteiger partial charge in [-0.1, -0.05) is 111 Å². The van der Waals surface area contributed by atoms with Crippen LogP contribution in [0.1, 0.15) is 63.1 Å². The second-order valence-corrected chi connectivity index (χ2v) is 11.2. The average molecular weight is 591 g/mol. The molecule has 0 aromatic heterocycles. The molecule has 6 heteroatoms. The van der Waals surface area contributed by atoms with Crippen LogP contribution in [-0.2, 0) is 9.59 Å². The molecule has 0 saturated heterocycles. The number of nitrogens with zero attached hydrogens (tertiary/aromatic N) is 2. The number of carbonyl (C=O) groups excluding carboxylic acids is 2. The Morgan fingerprint density at radius 1 is 0.568 bits per heavy atom. The molecule has 0 heterocycles. The predicted molar refractivity (Wildman–Crippen MR) is 173 cm³/mol. The summed E-state index contributed by atoms with van der Waals surface area (Å²) in [7, 11) is 0. The van der Waals surface area contributed by atoms with Gasteiger partial charge in [0.2, 0.25) is 24.3 Å². The summed E-state index contributed by atoms with van der Waals surface area (Å²) in [5.41, 5.74) is 1.79. The lowest BCUT2D eigenvalue weighted by Crippen LogP contribution is -2.52. The number of benzene rings is 4. The van der Waals surface area contributed by atoms with Gasteiger partial charge >= 0.3 is 0 Å². The minimum Gasteiger partial charge on any atom is -0.466 e. The third kappa shape index (κ3) is 7.31. The molecule has 1 aliphatic rings. The van der Waals surface area contributed by atoms with Crippen LogP contribution < -0.4 is 9.47 Å². The minimum atomic E-state index is -0.604. The summed E-state index contributed by atoms with van der Waals surface area (Å²) in [5, 5.41) is 0. The van der Waals surface area contributed by atoms with Crippen LogP contribution in [0.5, 0.6) is 11.5 Å². The van der Waals surface area contributed by atoms with Crippen molar-refractivity contribution in [3.8, 4) is 11.5 Å². The summed E-state index contributed by atoms with van der Waals surface area (Å²) in [4.78, 5) is 32.4. The molecule has 0 aliphatic heterocycles. The molecule has 0 spiro atoms. The highest BCUT2D eigenvalue weighted by atomic mass is 16.5. The van der Waals surface area contributed by atoms with E-state index in [1.165, 1.54) is 0 Å². The molecule has 0 bridgehead atoms. The van der Waals surface area contributed by atoms with Gasteiger partial charge in [-0.05, 0) is 49.9 Å². The Kier molecular flexibility index (Phi) is 10.7. The third-order valence-corrected chi connectivity index (χ3v) is 8.12. The first-order chi connectivity index (χ1) is 21.6. The summed E-state index contributed by atoms with van der Waals surface area (Å²) in [5.74, 6) is 0.443. The van der Waals surface area contributed by atoms with Gasteiger partial charge in [0.05, 0.1) is 0 Å². The fraction of sp³-hybridized carbons (Fsp3) is 0.316. The Bertz CT molecular complexity index is 1340. The van der Waals surface area contributed by atoms with Gasteiger partial charge < -0.3 is 19.3 Å². The zero-order chi connectivity index (χ0) is 30.7. The molecule has 1 fully saturated rings. The number of ether oxygens (including phenoxy) is 2. The minimum absolute atomic E-state index is 0.0436. The van der Waals surface area contributed by atoms with Crippen LogP contribution in [0.25, 0.3) is 0 Å². The molecule has 2 amide bonds. The monoisotopic (exact) mass is 590 g/mol. The normalized spacial score (nSPS) is 17.0. The molecule has 1 aliphatic carbocycles. The van der Waals surface area contributed by atoms with Crippen LogP contribution in [-0.4, -0.2) is 34.7 Å². The summed E-state index contributed by atoms with van der Waals surface area (Å²) in [6.45, 7) is 5.15. The molecule has 1 saturated carbocycles. The van der Waals surface area contributed by atoms with Gasteiger partial charge in [-0.25, -0.2) is 0 Å². The fourth-order valence-electron chi connectivity index (χ4n) is 5.80. The molecule has 44 heavy (non-hydrogen) atoms. The first kappa shape index (κ1) is 30.9. The van der Waals surface area contributed by atoms with Gasteiger partial charge in [0.1, 0.15) is 11.5 Å². The smallest absolute Gasteiger partial charge is 0.229 e. The van der Waals surface area contributed by atoms with E-state index in [-0.39, 0.29) is 11.8 Å². The van der Waals surface area contributed by atoms with Crippen molar-refractivity contribution in [1.29, 1.82) is 0 Å². The van der Waals surface area contributed by atoms with Gasteiger partial charge in [0.25, 0.3) is 0 Å². The van der Waals surface area contributed by atoms with E-state index < -0.39 is 24.3 Å². The summed E-state index contributed by atoms with van der Waals surface area (Å²) >= 11 is 0. The lowest BCUT2D eigenvalue weighted by atomic mass is 9.71. The molecule has 4 atom stereocenters. The van der Waals surface area contributed by atoms with E-state index in [2.05, 4.69) is 13.8 Å². The Morgan fingerprint density at radius 2 is 0.886 bits per heavy atom. The largest absolute Gasteiger partial charge is 0.466 e. The zero-order valence-corrected chi connectivity index (χ0v) is 25.6. The Hall–Kier alpha value is -4.58. The van der Waals surface area contributed by atoms with Crippen LogP contribution in [0, 0.1) is 11.8 Å². The molecule has 4 aromatic carbocycles. The standard InChI is InChI=1S/C38H42N2O4/c1-3-27-39(37(29-17-9-5-10-18-29)43-31-21-13-7-14-22-31)35(41)33-25-26-34(33)36(42)40(28-4-2)38(30-19-11-6-12-20-30)44-32-23-15-8-16-24-32/h5-24,33-34,37-38H,3-4,25-28H2,1-2H3/t33-,34+,37?,38?. The van der Waals surface area contributed by atoms with Crippen molar-refractivity contribution in [2.75, 3.05) is 13.1 Å². The third-order valence-electron chi connectivity index (χ3n) is 8.12. The van der Waals surface area contributed by atoms with E-state index in [1.807, 2.05) is 131 Å². The maximum Gasteiger partial charge on any atom is 0.229 e. The van der Waals surface area contributed by atoms with Crippen LogP contribution in [0.2, 0.25) is 0 Å². The molecule has 228 valence electrons. The van der Waals surface area contributed by atoms with Crippen LogP contribution >= 0.6 is 0 Å². The van der Waals surface area contributed by atoms with Gasteiger partial charge in [0, 0.05) is 36.1 Å².